The number of rotatable bonds is 14. The zero-order valence-corrected chi connectivity index (χ0v) is 28.8. The number of halogens is 2. The number of benzene rings is 2. The van der Waals surface area contributed by atoms with Gasteiger partial charge in [0.15, 0.2) is 0 Å². The smallest absolute Gasteiger partial charge is 0.329 e. The number of hydrogen-bond donors (Lipinski definition) is 2. The first-order valence-electron chi connectivity index (χ1n) is 14.7. The molecule has 0 aliphatic heterocycles. The molecule has 0 aromatic heterocycles. The lowest BCUT2D eigenvalue weighted by atomic mass is 10.1. The Labute approximate surface area is 276 Å². The number of hydrogen-bond acceptors (Lipinski definition) is 8. The van der Waals surface area contributed by atoms with E-state index < -0.39 is 53.5 Å². The molecule has 248 valence electrons. The van der Waals surface area contributed by atoms with Gasteiger partial charge in [-0.15, -0.1) is 23.2 Å². The van der Waals surface area contributed by atoms with Crippen LogP contribution in [0.1, 0.15) is 70.8 Å². The average Bonchev–Trinajstić information content (AvgIpc) is 2.91. The van der Waals surface area contributed by atoms with E-state index in [-0.39, 0.29) is 0 Å². The highest BCUT2D eigenvalue weighted by molar-refractivity contribution is 6.18. The average molecular weight is 667 g/mol. The third-order valence-electron chi connectivity index (χ3n) is 6.11. The monoisotopic (exact) mass is 665 g/mol. The quantitative estimate of drug-likeness (QED) is 0.193. The fourth-order valence-corrected chi connectivity index (χ4v) is 4.58. The van der Waals surface area contributed by atoms with Gasteiger partial charge in [0.05, 0.1) is 6.42 Å². The van der Waals surface area contributed by atoms with Gasteiger partial charge in [-0.3, -0.25) is 14.4 Å². The summed E-state index contributed by atoms with van der Waals surface area (Å²) in [4.78, 5) is 53.2. The number of aryl methyl sites for hydroxylation is 1. The second kappa shape index (κ2) is 16.7. The summed E-state index contributed by atoms with van der Waals surface area (Å²) in [6.45, 7) is 14.9. The van der Waals surface area contributed by atoms with Gasteiger partial charge in [0.2, 0.25) is 5.91 Å². The van der Waals surface area contributed by atoms with Crippen LogP contribution in [0, 0.1) is 6.92 Å². The molecule has 0 fully saturated rings. The van der Waals surface area contributed by atoms with Crippen LogP contribution >= 0.6 is 23.2 Å². The Morgan fingerprint density at radius 2 is 1.38 bits per heavy atom. The van der Waals surface area contributed by atoms with Gasteiger partial charge in [-0.2, -0.15) is 0 Å². The fraction of sp³-hybridized carbons (Fsp3) is 0.515. The molecule has 0 bridgehead atoms. The molecule has 2 aromatic rings. The number of carbonyl (C=O) groups excluding carboxylic acids is 4. The molecule has 0 spiro atoms. The van der Waals surface area contributed by atoms with E-state index in [9.17, 15) is 19.2 Å². The molecule has 2 atom stereocenters. The van der Waals surface area contributed by atoms with Crippen molar-refractivity contribution in [3.05, 3.63) is 53.6 Å². The van der Waals surface area contributed by atoms with Gasteiger partial charge in [-0.1, -0.05) is 0 Å². The fourth-order valence-electron chi connectivity index (χ4n) is 4.17. The Balaban J connectivity index is 2.05. The van der Waals surface area contributed by atoms with E-state index in [1.807, 2.05) is 25.1 Å². The highest BCUT2D eigenvalue weighted by Crippen LogP contribution is 2.28. The van der Waals surface area contributed by atoms with E-state index in [1.165, 1.54) is 6.92 Å². The number of alkyl halides is 2. The maximum Gasteiger partial charge on any atom is 0.329 e. The largest absolute Gasteiger partial charge is 0.460 e. The van der Waals surface area contributed by atoms with Crippen molar-refractivity contribution in [2.45, 2.75) is 85.1 Å². The van der Waals surface area contributed by atoms with Gasteiger partial charge in [0, 0.05) is 36.1 Å². The van der Waals surface area contributed by atoms with Crippen LogP contribution in [0.25, 0.3) is 0 Å². The van der Waals surface area contributed by atoms with Crippen molar-refractivity contribution < 1.29 is 33.4 Å². The molecular formula is C33H45Cl2N3O7. The van der Waals surface area contributed by atoms with Gasteiger partial charge >= 0.3 is 11.9 Å². The molecule has 2 rings (SSSR count). The van der Waals surface area contributed by atoms with Crippen LogP contribution in [-0.4, -0.2) is 71.9 Å². The van der Waals surface area contributed by atoms with E-state index in [0.717, 1.165) is 11.3 Å². The first-order chi connectivity index (χ1) is 20.9. The molecule has 0 saturated carbocycles. The van der Waals surface area contributed by atoms with Crippen LogP contribution in [0.5, 0.6) is 11.5 Å². The predicted molar refractivity (Wildman–Crippen MR) is 177 cm³/mol. The van der Waals surface area contributed by atoms with Crippen LogP contribution in [-0.2, 0) is 23.9 Å². The van der Waals surface area contributed by atoms with Crippen molar-refractivity contribution in [2.24, 2.45) is 0 Å². The summed E-state index contributed by atoms with van der Waals surface area (Å²) in [5.41, 5.74) is 0.703. The van der Waals surface area contributed by atoms with Crippen molar-refractivity contribution in [3.63, 3.8) is 0 Å². The molecule has 0 heterocycles. The van der Waals surface area contributed by atoms with Crippen molar-refractivity contribution in [2.75, 3.05) is 29.7 Å². The normalized spacial score (nSPS) is 12.8. The van der Waals surface area contributed by atoms with Gasteiger partial charge in [-0.25, -0.2) is 4.79 Å². The van der Waals surface area contributed by atoms with Crippen molar-refractivity contribution >= 4 is 52.6 Å². The lowest BCUT2D eigenvalue weighted by molar-refractivity contribution is -0.165. The van der Waals surface area contributed by atoms with Crippen LogP contribution in [0.4, 0.5) is 5.69 Å². The molecule has 0 radical (unpaired) electrons. The summed E-state index contributed by atoms with van der Waals surface area (Å²) in [7, 11) is 0. The minimum Gasteiger partial charge on any atom is -0.460 e. The van der Waals surface area contributed by atoms with Gasteiger partial charge < -0.3 is 29.7 Å². The van der Waals surface area contributed by atoms with Crippen molar-refractivity contribution in [1.82, 2.24) is 10.6 Å². The number of nitrogens with zero attached hydrogens (tertiary/aromatic N) is 1. The lowest BCUT2D eigenvalue weighted by Crippen LogP contribution is -2.52. The van der Waals surface area contributed by atoms with Gasteiger partial charge in [-0.05, 0) is 103 Å². The Morgan fingerprint density at radius 1 is 0.822 bits per heavy atom. The number of esters is 2. The van der Waals surface area contributed by atoms with E-state index in [2.05, 4.69) is 15.5 Å². The minimum atomic E-state index is -1.30. The summed E-state index contributed by atoms with van der Waals surface area (Å²) in [5, 5.41) is 5.12. The highest BCUT2D eigenvalue weighted by Gasteiger charge is 2.32. The number of anilines is 1. The topological polar surface area (TPSA) is 123 Å². The van der Waals surface area contributed by atoms with E-state index in [1.54, 1.807) is 65.8 Å². The highest BCUT2D eigenvalue weighted by atomic mass is 35.5. The Morgan fingerprint density at radius 3 is 1.89 bits per heavy atom. The lowest BCUT2D eigenvalue weighted by Gasteiger charge is -2.26. The van der Waals surface area contributed by atoms with Crippen LogP contribution in [0.15, 0.2) is 42.5 Å². The third kappa shape index (κ3) is 13.2. The maximum absolute atomic E-state index is 13.0. The minimum absolute atomic E-state index is 0.295. The van der Waals surface area contributed by atoms with Gasteiger partial charge in [0.1, 0.15) is 34.8 Å². The molecular weight excluding hydrogens is 621 g/mol. The van der Waals surface area contributed by atoms with E-state index in [0.29, 0.717) is 41.9 Å². The zero-order chi connectivity index (χ0) is 33.9. The summed E-state index contributed by atoms with van der Waals surface area (Å²) in [6.07, 6.45) is -0.429. The summed E-state index contributed by atoms with van der Waals surface area (Å²) in [5.74, 6) is -0.531. The number of carbonyl (C=O) groups is 4. The molecule has 10 nitrogen and oxygen atoms in total. The summed E-state index contributed by atoms with van der Waals surface area (Å²) >= 11 is 11.9. The molecule has 0 saturated heterocycles. The van der Waals surface area contributed by atoms with E-state index >= 15 is 0 Å². The summed E-state index contributed by atoms with van der Waals surface area (Å²) < 4.78 is 16.7. The molecule has 0 unspecified atom stereocenters. The number of ether oxygens (including phenoxy) is 3. The van der Waals surface area contributed by atoms with Crippen molar-refractivity contribution in [3.8, 4) is 11.5 Å². The molecule has 2 amide bonds. The second-order valence-corrected chi connectivity index (χ2v) is 13.3. The predicted octanol–water partition coefficient (Wildman–Crippen LogP) is 5.75. The molecule has 45 heavy (non-hydrogen) atoms. The third-order valence-corrected chi connectivity index (χ3v) is 6.45. The Hall–Kier alpha value is -3.50. The van der Waals surface area contributed by atoms with Crippen LogP contribution in [0.2, 0.25) is 0 Å². The van der Waals surface area contributed by atoms with E-state index in [4.69, 9.17) is 37.4 Å². The van der Waals surface area contributed by atoms with Gasteiger partial charge in [0.25, 0.3) is 5.91 Å². The maximum atomic E-state index is 13.0. The van der Waals surface area contributed by atoms with Crippen LogP contribution < -0.4 is 20.3 Å². The Kier molecular flexibility index (Phi) is 14.0. The number of amides is 2. The second-order valence-electron chi connectivity index (χ2n) is 12.5. The SMILES string of the molecule is Cc1cc(Oc2ccc(C(=O)N[C@@H](C)C(=O)N[C@@H](CC(=O)OC(C)(C)C)C(=O)OC(C)(C)C)cc2)ccc1N(CCCl)CCCl. The van der Waals surface area contributed by atoms with Crippen molar-refractivity contribution in [1.29, 1.82) is 0 Å². The Bertz CT molecular complexity index is 1320. The molecule has 2 N–H and O–H groups in total. The molecule has 2 aromatic carbocycles. The molecule has 12 heteroatoms. The summed E-state index contributed by atoms with van der Waals surface area (Å²) in [6, 6.07) is 9.84. The standard InChI is InChI=1S/C33H45Cl2N3O7/c1-21-19-25(13-14-27(21)38(17-15-34)18-16-35)43-24-11-9-23(10-12-24)30(41)36-22(2)29(40)37-26(31(42)45-33(6,7)8)20-28(39)44-32(3,4)5/h9-14,19,22,26H,15-18,20H2,1-8H3,(H,36,41)(H,37,40)/t22-,26-/m0/s1. The first-order valence-corrected chi connectivity index (χ1v) is 15.8. The first kappa shape index (κ1) is 37.7. The molecule has 0 aliphatic carbocycles. The number of nitrogens with one attached hydrogen (secondary N) is 2. The molecule has 0 aliphatic rings. The van der Waals surface area contributed by atoms with Crippen LogP contribution in [0.3, 0.4) is 0 Å². The zero-order valence-electron chi connectivity index (χ0n) is 27.3.